The van der Waals surface area contributed by atoms with Crippen LogP contribution >= 0.6 is 0 Å². The second-order valence-electron chi connectivity index (χ2n) is 7.61. The summed E-state index contributed by atoms with van der Waals surface area (Å²) in [6, 6.07) is 12.3. The van der Waals surface area contributed by atoms with E-state index in [9.17, 15) is 18.0 Å². The largest absolute Gasteiger partial charge is 0.573 e. The highest BCUT2D eigenvalue weighted by Gasteiger charge is 2.31. The zero-order chi connectivity index (χ0) is 24.8. The molecule has 0 fully saturated rings. The van der Waals surface area contributed by atoms with Crippen molar-refractivity contribution in [3.63, 3.8) is 0 Å². The maximum atomic E-state index is 12.3. The molecule has 1 aliphatic carbocycles. The van der Waals surface area contributed by atoms with Crippen LogP contribution in [0.1, 0.15) is 12.0 Å². The smallest absolute Gasteiger partial charge is 0.501 e. The molecule has 35 heavy (non-hydrogen) atoms. The highest BCUT2D eigenvalue weighted by atomic mass is 19.4. The molecular formula is C24H22F3N5O3. The number of amides is 2. The predicted octanol–water partition coefficient (Wildman–Crippen LogP) is 4.49. The number of alkyl halides is 3. The third-order valence-corrected chi connectivity index (χ3v) is 5.12. The van der Waals surface area contributed by atoms with Gasteiger partial charge < -0.3 is 20.1 Å². The van der Waals surface area contributed by atoms with E-state index in [1.54, 1.807) is 7.11 Å². The van der Waals surface area contributed by atoms with Gasteiger partial charge in [0, 0.05) is 18.5 Å². The number of rotatable bonds is 7. The number of carbonyl (C=O) groups is 1. The van der Waals surface area contributed by atoms with E-state index in [-0.39, 0.29) is 17.8 Å². The van der Waals surface area contributed by atoms with Crippen LogP contribution in [0.3, 0.4) is 0 Å². The minimum atomic E-state index is -4.74. The highest BCUT2D eigenvalue weighted by molar-refractivity contribution is 5.74. The van der Waals surface area contributed by atoms with Gasteiger partial charge in [-0.15, -0.1) is 18.3 Å². The van der Waals surface area contributed by atoms with E-state index >= 15 is 0 Å². The van der Waals surface area contributed by atoms with Gasteiger partial charge in [-0.25, -0.2) is 14.5 Å². The second-order valence-corrected chi connectivity index (χ2v) is 7.61. The summed E-state index contributed by atoms with van der Waals surface area (Å²) in [7, 11) is 1.60. The monoisotopic (exact) mass is 485 g/mol. The van der Waals surface area contributed by atoms with Gasteiger partial charge in [0.15, 0.2) is 5.82 Å². The molecule has 2 N–H and O–H groups in total. The first-order valence-corrected chi connectivity index (χ1v) is 10.6. The van der Waals surface area contributed by atoms with E-state index < -0.39 is 6.36 Å². The highest BCUT2D eigenvalue weighted by Crippen LogP contribution is 2.24. The standard InChI is InChI=1S/C24H22F3N5O3/c1-34-21-4-2-3-18(13-21)30-23(33)28-14-16-5-7-17(8-6-16)22-29-15-32(31-22)19-9-11-20(12-10-19)35-24(25,26)27/h2-12,15,18H,13-14H2,1H3,(H2,28,30,33). The Morgan fingerprint density at radius 2 is 1.89 bits per heavy atom. The molecule has 0 saturated heterocycles. The molecule has 1 aliphatic rings. The zero-order valence-corrected chi connectivity index (χ0v) is 18.6. The molecule has 1 aromatic heterocycles. The molecule has 2 amide bonds. The molecule has 1 unspecified atom stereocenters. The number of halogens is 3. The van der Waals surface area contributed by atoms with Crippen LogP contribution in [0, 0.1) is 0 Å². The van der Waals surface area contributed by atoms with Gasteiger partial charge >= 0.3 is 12.4 Å². The van der Waals surface area contributed by atoms with Crippen LogP contribution in [0.2, 0.25) is 0 Å². The molecular weight excluding hydrogens is 463 g/mol. The summed E-state index contributed by atoms with van der Waals surface area (Å²) < 4.78 is 47.5. The lowest BCUT2D eigenvalue weighted by Gasteiger charge is -2.19. The number of aromatic nitrogens is 3. The first kappa shape index (κ1) is 23.9. The lowest BCUT2D eigenvalue weighted by molar-refractivity contribution is -0.274. The summed E-state index contributed by atoms with van der Waals surface area (Å²) in [5.74, 6) is 0.937. The molecule has 0 saturated carbocycles. The van der Waals surface area contributed by atoms with Gasteiger partial charge in [0.05, 0.1) is 24.6 Å². The van der Waals surface area contributed by atoms with Crippen molar-refractivity contribution in [3.8, 4) is 22.8 Å². The van der Waals surface area contributed by atoms with Crippen molar-refractivity contribution in [1.82, 2.24) is 25.4 Å². The lowest BCUT2D eigenvalue weighted by atomic mass is 10.1. The summed E-state index contributed by atoms with van der Waals surface area (Å²) in [5.41, 5.74) is 2.17. The van der Waals surface area contributed by atoms with Gasteiger partial charge in [0.2, 0.25) is 0 Å². The molecule has 182 valence electrons. The third kappa shape index (κ3) is 6.62. The van der Waals surface area contributed by atoms with Crippen LogP contribution in [-0.2, 0) is 11.3 Å². The molecule has 2 aromatic carbocycles. The van der Waals surface area contributed by atoms with Gasteiger partial charge in [-0.2, -0.15) is 0 Å². The number of allylic oxidation sites excluding steroid dienone is 2. The minimum absolute atomic E-state index is 0.133. The van der Waals surface area contributed by atoms with Crippen molar-refractivity contribution in [2.24, 2.45) is 0 Å². The van der Waals surface area contributed by atoms with Crippen molar-refractivity contribution in [1.29, 1.82) is 0 Å². The van der Waals surface area contributed by atoms with E-state index in [4.69, 9.17) is 4.74 Å². The number of methoxy groups -OCH3 is 1. The Hall–Kier alpha value is -4.28. The molecule has 0 aliphatic heterocycles. The summed E-state index contributed by atoms with van der Waals surface area (Å²) in [5, 5.41) is 10.1. The third-order valence-electron chi connectivity index (χ3n) is 5.12. The van der Waals surface area contributed by atoms with Crippen molar-refractivity contribution in [2.45, 2.75) is 25.4 Å². The zero-order valence-electron chi connectivity index (χ0n) is 18.6. The van der Waals surface area contributed by atoms with E-state index in [0.29, 0.717) is 24.5 Å². The van der Waals surface area contributed by atoms with Gasteiger partial charge in [0.25, 0.3) is 0 Å². The fraction of sp³-hybridized carbons (Fsp3) is 0.208. The normalized spacial score (nSPS) is 15.3. The van der Waals surface area contributed by atoms with Crippen LogP contribution in [0.4, 0.5) is 18.0 Å². The molecule has 4 rings (SSSR count). The maximum absolute atomic E-state index is 12.3. The van der Waals surface area contributed by atoms with E-state index in [1.807, 2.05) is 42.5 Å². The summed E-state index contributed by atoms with van der Waals surface area (Å²) in [6.45, 7) is 0.337. The number of hydrogen-bond acceptors (Lipinski definition) is 5. The molecule has 0 bridgehead atoms. The van der Waals surface area contributed by atoms with Crippen molar-refractivity contribution < 1.29 is 27.4 Å². The number of benzene rings is 2. The number of ether oxygens (including phenoxy) is 2. The van der Waals surface area contributed by atoms with Gasteiger partial charge in [-0.05, 0) is 35.9 Å². The molecule has 11 heteroatoms. The molecule has 0 spiro atoms. The fourth-order valence-electron chi connectivity index (χ4n) is 3.39. The van der Waals surface area contributed by atoms with E-state index in [2.05, 4.69) is 25.5 Å². The summed E-state index contributed by atoms with van der Waals surface area (Å²) in [4.78, 5) is 16.5. The average Bonchev–Trinajstić information content (AvgIpc) is 3.33. The Kier molecular flexibility index (Phi) is 7.04. The lowest BCUT2D eigenvalue weighted by Crippen LogP contribution is -2.41. The number of nitrogens with one attached hydrogen (secondary N) is 2. The quantitative estimate of drug-likeness (QED) is 0.515. The predicted molar refractivity (Wildman–Crippen MR) is 121 cm³/mol. The van der Waals surface area contributed by atoms with Gasteiger partial charge in [0.1, 0.15) is 12.1 Å². The molecule has 3 aromatic rings. The second kappa shape index (κ2) is 10.3. The van der Waals surface area contributed by atoms with E-state index in [1.165, 1.54) is 35.3 Å². The van der Waals surface area contributed by atoms with Crippen LogP contribution in [0.15, 0.2) is 78.8 Å². The number of carbonyl (C=O) groups excluding carboxylic acids is 1. The van der Waals surface area contributed by atoms with E-state index in [0.717, 1.165) is 16.9 Å². The topological polar surface area (TPSA) is 90.3 Å². The first-order chi connectivity index (χ1) is 16.8. The Balaban J connectivity index is 1.31. The molecule has 1 atom stereocenters. The number of hydrogen-bond donors (Lipinski definition) is 2. The maximum Gasteiger partial charge on any atom is 0.573 e. The van der Waals surface area contributed by atoms with Crippen LogP contribution in [0.5, 0.6) is 5.75 Å². The first-order valence-electron chi connectivity index (χ1n) is 10.6. The minimum Gasteiger partial charge on any atom is -0.501 e. The summed E-state index contributed by atoms with van der Waals surface area (Å²) in [6.07, 6.45) is 2.93. The van der Waals surface area contributed by atoms with Gasteiger partial charge in [-0.1, -0.05) is 36.4 Å². The van der Waals surface area contributed by atoms with Crippen LogP contribution in [0.25, 0.3) is 17.1 Å². The molecule has 0 radical (unpaired) electrons. The Labute approximate surface area is 199 Å². The van der Waals surface area contributed by atoms with Crippen molar-refractivity contribution in [3.05, 3.63) is 84.4 Å². The number of nitrogens with zero attached hydrogens (tertiary/aromatic N) is 3. The molecule has 1 heterocycles. The average molecular weight is 485 g/mol. The van der Waals surface area contributed by atoms with Crippen LogP contribution in [-0.4, -0.2) is 40.3 Å². The fourth-order valence-corrected chi connectivity index (χ4v) is 3.39. The Bertz CT molecular complexity index is 1220. The van der Waals surface area contributed by atoms with Crippen molar-refractivity contribution >= 4 is 6.03 Å². The summed E-state index contributed by atoms with van der Waals surface area (Å²) >= 11 is 0. The van der Waals surface area contributed by atoms with Gasteiger partial charge in [-0.3, -0.25) is 0 Å². The SMILES string of the molecule is COC1=CC=CC(NC(=O)NCc2ccc(-c3ncn(-c4ccc(OC(F)(F)F)cc4)n3)cc2)C1. The van der Waals surface area contributed by atoms with Crippen LogP contribution < -0.4 is 15.4 Å². The Morgan fingerprint density at radius 1 is 1.14 bits per heavy atom. The Morgan fingerprint density at radius 3 is 2.57 bits per heavy atom. The number of urea groups is 1. The molecule has 8 nitrogen and oxygen atoms in total. The van der Waals surface area contributed by atoms with Crippen molar-refractivity contribution in [2.75, 3.05) is 7.11 Å².